The number of thiophene rings is 1. The molecule has 1 aromatic carbocycles. The first-order valence-corrected chi connectivity index (χ1v) is 7.05. The van der Waals surface area contributed by atoms with Crippen molar-refractivity contribution in [2.45, 2.75) is 26.2 Å². The number of hydrogen-bond acceptors (Lipinski definition) is 2. The van der Waals surface area contributed by atoms with Gasteiger partial charge in [-0.05, 0) is 52.4 Å². The molecule has 0 bridgehead atoms. The summed E-state index contributed by atoms with van der Waals surface area (Å²) in [5.41, 5.74) is 4.04. The highest BCUT2D eigenvalue weighted by atomic mass is 32.1. The molecular formula is C15H19NS. The van der Waals surface area contributed by atoms with Crippen molar-refractivity contribution in [3.05, 3.63) is 52.2 Å². The summed E-state index contributed by atoms with van der Waals surface area (Å²) in [5.74, 6) is 0.591. The van der Waals surface area contributed by atoms with Crippen LogP contribution in [0, 0.1) is 0 Å². The van der Waals surface area contributed by atoms with E-state index in [2.05, 4.69) is 60.3 Å². The molecule has 0 aliphatic carbocycles. The van der Waals surface area contributed by atoms with Crippen LogP contribution in [0.25, 0.3) is 0 Å². The molecule has 17 heavy (non-hydrogen) atoms. The molecule has 0 aliphatic heterocycles. The lowest BCUT2D eigenvalue weighted by Crippen LogP contribution is -2.04. The molecule has 0 spiro atoms. The first kappa shape index (κ1) is 12.2. The SMILES string of the molecule is CC(C)c1cccc(NCCc2ccsc2)c1. The number of hydrogen-bond donors (Lipinski definition) is 1. The van der Waals surface area contributed by atoms with Crippen LogP contribution >= 0.6 is 11.3 Å². The van der Waals surface area contributed by atoms with Crippen LogP contribution < -0.4 is 5.32 Å². The van der Waals surface area contributed by atoms with Gasteiger partial charge in [-0.2, -0.15) is 11.3 Å². The van der Waals surface area contributed by atoms with E-state index in [-0.39, 0.29) is 0 Å². The third-order valence-corrected chi connectivity index (χ3v) is 3.61. The minimum absolute atomic E-state index is 0.591. The fraction of sp³-hybridized carbons (Fsp3) is 0.333. The van der Waals surface area contributed by atoms with E-state index < -0.39 is 0 Å². The largest absolute Gasteiger partial charge is 0.385 e. The lowest BCUT2D eigenvalue weighted by Gasteiger charge is -2.10. The molecule has 1 nitrogen and oxygen atoms in total. The first-order valence-electron chi connectivity index (χ1n) is 6.10. The molecule has 0 atom stereocenters. The maximum atomic E-state index is 3.48. The predicted molar refractivity (Wildman–Crippen MR) is 77.0 cm³/mol. The Labute approximate surface area is 108 Å². The van der Waals surface area contributed by atoms with Gasteiger partial charge >= 0.3 is 0 Å². The number of rotatable bonds is 5. The molecular weight excluding hydrogens is 226 g/mol. The molecule has 0 amide bonds. The van der Waals surface area contributed by atoms with Crippen LogP contribution in [-0.4, -0.2) is 6.54 Å². The summed E-state index contributed by atoms with van der Waals surface area (Å²) < 4.78 is 0. The van der Waals surface area contributed by atoms with Gasteiger partial charge in [-0.25, -0.2) is 0 Å². The second-order valence-corrected chi connectivity index (χ2v) is 5.37. The van der Waals surface area contributed by atoms with E-state index in [1.165, 1.54) is 16.8 Å². The van der Waals surface area contributed by atoms with Gasteiger partial charge in [0.1, 0.15) is 0 Å². The Morgan fingerprint density at radius 1 is 1.24 bits per heavy atom. The smallest absolute Gasteiger partial charge is 0.0343 e. The lowest BCUT2D eigenvalue weighted by molar-refractivity contribution is 0.866. The normalized spacial score (nSPS) is 10.8. The van der Waals surface area contributed by atoms with Gasteiger partial charge in [0, 0.05) is 12.2 Å². The van der Waals surface area contributed by atoms with Gasteiger partial charge in [-0.1, -0.05) is 26.0 Å². The Morgan fingerprint density at radius 2 is 2.12 bits per heavy atom. The van der Waals surface area contributed by atoms with Crippen molar-refractivity contribution >= 4 is 17.0 Å². The maximum Gasteiger partial charge on any atom is 0.0343 e. The summed E-state index contributed by atoms with van der Waals surface area (Å²) in [6.07, 6.45) is 1.09. The second kappa shape index (κ2) is 5.87. The van der Waals surface area contributed by atoms with Crippen LogP contribution in [0.15, 0.2) is 41.1 Å². The molecule has 0 radical (unpaired) electrons. The van der Waals surface area contributed by atoms with Crippen molar-refractivity contribution in [2.24, 2.45) is 0 Å². The zero-order valence-corrected chi connectivity index (χ0v) is 11.3. The molecule has 0 unspecified atom stereocenters. The summed E-state index contributed by atoms with van der Waals surface area (Å²) in [4.78, 5) is 0. The van der Waals surface area contributed by atoms with Crippen molar-refractivity contribution in [3.63, 3.8) is 0 Å². The van der Waals surface area contributed by atoms with Gasteiger partial charge in [0.15, 0.2) is 0 Å². The van der Waals surface area contributed by atoms with Gasteiger partial charge in [0.05, 0.1) is 0 Å². The van der Waals surface area contributed by atoms with Crippen molar-refractivity contribution in [1.29, 1.82) is 0 Å². The summed E-state index contributed by atoms with van der Waals surface area (Å²) in [6, 6.07) is 10.9. The highest BCUT2D eigenvalue weighted by Crippen LogP contribution is 2.18. The molecule has 0 saturated heterocycles. The van der Waals surface area contributed by atoms with Gasteiger partial charge in [0.25, 0.3) is 0 Å². The fourth-order valence-corrected chi connectivity index (χ4v) is 2.50. The maximum absolute atomic E-state index is 3.48. The molecule has 2 aromatic rings. The van der Waals surface area contributed by atoms with E-state index in [1.807, 2.05) is 0 Å². The van der Waals surface area contributed by atoms with Crippen molar-refractivity contribution in [1.82, 2.24) is 0 Å². The lowest BCUT2D eigenvalue weighted by atomic mass is 10.0. The van der Waals surface area contributed by atoms with Gasteiger partial charge in [0.2, 0.25) is 0 Å². The third-order valence-electron chi connectivity index (χ3n) is 2.88. The van der Waals surface area contributed by atoms with Gasteiger partial charge in [-0.3, -0.25) is 0 Å². The zero-order valence-electron chi connectivity index (χ0n) is 10.4. The predicted octanol–water partition coefficient (Wildman–Crippen LogP) is 4.53. The van der Waals surface area contributed by atoms with E-state index in [4.69, 9.17) is 0 Å². The molecule has 0 fully saturated rings. The Bertz CT molecular complexity index is 446. The van der Waals surface area contributed by atoms with E-state index >= 15 is 0 Å². The van der Waals surface area contributed by atoms with Crippen LogP contribution in [0.2, 0.25) is 0 Å². The molecule has 2 rings (SSSR count). The minimum Gasteiger partial charge on any atom is -0.385 e. The molecule has 90 valence electrons. The molecule has 0 saturated carbocycles. The standard InChI is InChI=1S/C15H19NS/c1-12(2)14-4-3-5-15(10-14)16-8-6-13-7-9-17-11-13/h3-5,7,9-12,16H,6,8H2,1-2H3. The molecule has 1 heterocycles. The van der Waals surface area contributed by atoms with Crippen molar-refractivity contribution < 1.29 is 0 Å². The fourth-order valence-electron chi connectivity index (χ4n) is 1.79. The van der Waals surface area contributed by atoms with E-state index in [1.54, 1.807) is 11.3 Å². The molecule has 1 aromatic heterocycles. The van der Waals surface area contributed by atoms with Crippen molar-refractivity contribution in [3.8, 4) is 0 Å². The Balaban J connectivity index is 1.88. The quantitative estimate of drug-likeness (QED) is 0.816. The summed E-state index contributed by atoms with van der Waals surface area (Å²) in [6.45, 7) is 5.45. The highest BCUT2D eigenvalue weighted by Gasteiger charge is 2.00. The van der Waals surface area contributed by atoms with Gasteiger partial charge < -0.3 is 5.32 Å². The van der Waals surface area contributed by atoms with Gasteiger partial charge in [-0.15, -0.1) is 0 Å². The minimum atomic E-state index is 0.591. The van der Waals surface area contributed by atoms with Crippen molar-refractivity contribution in [2.75, 3.05) is 11.9 Å². The average Bonchev–Trinajstić information content (AvgIpc) is 2.82. The Hall–Kier alpha value is -1.28. The number of anilines is 1. The molecule has 1 N–H and O–H groups in total. The molecule has 2 heteroatoms. The molecule has 0 aliphatic rings. The van der Waals surface area contributed by atoms with Crippen LogP contribution in [0.1, 0.15) is 30.9 Å². The van der Waals surface area contributed by atoms with Crippen LogP contribution in [-0.2, 0) is 6.42 Å². The third kappa shape index (κ3) is 3.60. The second-order valence-electron chi connectivity index (χ2n) is 4.59. The van der Waals surface area contributed by atoms with E-state index in [0.29, 0.717) is 5.92 Å². The monoisotopic (exact) mass is 245 g/mol. The summed E-state index contributed by atoms with van der Waals surface area (Å²) >= 11 is 1.76. The van der Waals surface area contributed by atoms with Crippen LogP contribution in [0.3, 0.4) is 0 Å². The Kier molecular flexibility index (Phi) is 4.21. The van der Waals surface area contributed by atoms with Crippen LogP contribution in [0.5, 0.6) is 0 Å². The number of benzene rings is 1. The Morgan fingerprint density at radius 3 is 2.82 bits per heavy atom. The highest BCUT2D eigenvalue weighted by molar-refractivity contribution is 7.07. The van der Waals surface area contributed by atoms with Crippen LogP contribution in [0.4, 0.5) is 5.69 Å². The zero-order chi connectivity index (χ0) is 12.1. The average molecular weight is 245 g/mol. The topological polar surface area (TPSA) is 12.0 Å². The first-order chi connectivity index (χ1) is 8.25. The summed E-state index contributed by atoms with van der Waals surface area (Å²) in [5, 5.41) is 7.83. The van der Waals surface area contributed by atoms with E-state index in [0.717, 1.165) is 13.0 Å². The number of nitrogens with one attached hydrogen (secondary N) is 1. The summed E-state index contributed by atoms with van der Waals surface area (Å²) in [7, 11) is 0. The van der Waals surface area contributed by atoms with E-state index in [9.17, 15) is 0 Å².